The van der Waals surface area contributed by atoms with Gasteiger partial charge in [-0.1, -0.05) is 30.3 Å². The fourth-order valence-corrected chi connectivity index (χ4v) is 4.59. The molecule has 2 aliphatic heterocycles. The van der Waals surface area contributed by atoms with E-state index in [2.05, 4.69) is 57.4 Å². The number of imidazole rings is 1. The molecule has 1 N–H and O–H groups in total. The highest BCUT2D eigenvalue weighted by molar-refractivity contribution is 5.59. The maximum atomic E-state index is 5.76. The molecule has 0 amide bonds. The molecule has 1 saturated heterocycles. The number of benzene rings is 1. The van der Waals surface area contributed by atoms with Crippen LogP contribution in [0.15, 0.2) is 53.1 Å². The van der Waals surface area contributed by atoms with Gasteiger partial charge in [-0.25, -0.2) is 4.98 Å². The van der Waals surface area contributed by atoms with Crippen LogP contribution in [0.5, 0.6) is 0 Å². The molecule has 140 valence electrons. The summed E-state index contributed by atoms with van der Waals surface area (Å²) < 4.78 is 8.19. The van der Waals surface area contributed by atoms with Crippen LogP contribution in [0.25, 0.3) is 11.3 Å². The Morgan fingerprint density at radius 2 is 1.89 bits per heavy atom. The maximum absolute atomic E-state index is 5.76. The van der Waals surface area contributed by atoms with Gasteiger partial charge in [-0.2, -0.15) is 0 Å². The number of aryl methyl sites for hydroxylation is 1. The Bertz CT molecular complexity index is 919. The van der Waals surface area contributed by atoms with Crippen LogP contribution >= 0.6 is 0 Å². The molecule has 1 spiro atoms. The van der Waals surface area contributed by atoms with Gasteiger partial charge in [0, 0.05) is 26.2 Å². The zero-order chi connectivity index (χ0) is 18.3. The van der Waals surface area contributed by atoms with Crippen molar-refractivity contribution < 1.29 is 4.42 Å². The lowest BCUT2D eigenvalue weighted by Crippen LogP contribution is -2.55. The van der Waals surface area contributed by atoms with E-state index in [0.29, 0.717) is 0 Å². The highest BCUT2D eigenvalue weighted by Gasteiger charge is 2.42. The lowest BCUT2D eigenvalue weighted by Gasteiger charge is -2.44. The monoisotopic (exact) mass is 362 g/mol. The normalized spacial score (nSPS) is 19.3. The zero-order valence-electron chi connectivity index (χ0n) is 15.8. The van der Waals surface area contributed by atoms with Crippen LogP contribution in [0.2, 0.25) is 0 Å². The van der Waals surface area contributed by atoms with Crippen molar-refractivity contribution in [3.63, 3.8) is 0 Å². The number of likely N-dealkylation sites (tertiary alicyclic amines) is 1. The first-order chi connectivity index (χ1) is 13.2. The molecule has 5 heteroatoms. The van der Waals surface area contributed by atoms with Crippen LogP contribution < -0.4 is 5.32 Å². The lowest BCUT2D eigenvalue weighted by molar-refractivity contribution is 0.103. The van der Waals surface area contributed by atoms with Crippen molar-refractivity contribution in [3.8, 4) is 11.3 Å². The molecule has 5 rings (SSSR count). The van der Waals surface area contributed by atoms with Gasteiger partial charge in [-0.05, 0) is 37.5 Å². The van der Waals surface area contributed by atoms with Crippen LogP contribution in [-0.2, 0) is 18.6 Å². The van der Waals surface area contributed by atoms with E-state index < -0.39 is 0 Å². The summed E-state index contributed by atoms with van der Waals surface area (Å²) in [4.78, 5) is 7.38. The van der Waals surface area contributed by atoms with Crippen LogP contribution in [0, 0.1) is 6.92 Å². The number of nitrogens with zero attached hydrogens (tertiary/aromatic N) is 3. The Morgan fingerprint density at radius 1 is 1.07 bits per heavy atom. The average molecular weight is 362 g/mol. The number of aromatic nitrogens is 2. The van der Waals surface area contributed by atoms with Gasteiger partial charge >= 0.3 is 0 Å². The van der Waals surface area contributed by atoms with E-state index in [4.69, 9.17) is 9.40 Å². The second-order valence-electron chi connectivity index (χ2n) is 7.78. The van der Waals surface area contributed by atoms with Gasteiger partial charge in [0.05, 0.1) is 24.0 Å². The summed E-state index contributed by atoms with van der Waals surface area (Å²) >= 11 is 0. The standard InChI is InChI=1S/C22H26N4O/c1-17-7-8-19(27-17)16-25-12-9-22(10-13-25)21-23-15-20(26(21)14-11-24-22)18-5-3-2-4-6-18/h2-8,15,24H,9-14,16H2,1H3. The van der Waals surface area contributed by atoms with Gasteiger partial charge in [0.15, 0.2) is 0 Å². The molecule has 3 aromatic rings. The highest BCUT2D eigenvalue weighted by Crippen LogP contribution is 2.37. The molecule has 0 unspecified atom stereocenters. The minimum Gasteiger partial charge on any atom is -0.465 e. The summed E-state index contributed by atoms with van der Waals surface area (Å²) in [5, 5.41) is 3.81. The van der Waals surface area contributed by atoms with E-state index in [0.717, 1.165) is 57.1 Å². The molecule has 0 radical (unpaired) electrons. The Hall–Kier alpha value is -2.37. The van der Waals surface area contributed by atoms with Crippen molar-refractivity contribution in [1.29, 1.82) is 0 Å². The first kappa shape index (κ1) is 16.8. The molecular formula is C22H26N4O. The lowest BCUT2D eigenvalue weighted by atomic mass is 9.85. The van der Waals surface area contributed by atoms with Crippen molar-refractivity contribution in [3.05, 3.63) is 66.0 Å². The van der Waals surface area contributed by atoms with Crippen LogP contribution in [-0.4, -0.2) is 34.1 Å². The maximum Gasteiger partial charge on any atom is 0.129 e. The van der Waals surface area contributed by atoms with Crippen LogP contribution in [0.1, 0.15) is 30.2 Å². The number of nitrogens with one attached hydrogen (secondary N) is 1. The Morgan fingerprint density at radius 3 is 2.63 bits per heavy atom. The van der Waals surface area contributed by atoms with Crippen molar-refractivity contribution in [2.75, 3.05) is 19.6 Å². The molecule has 5 nitrogen and oxygen atoms in total. The molecule has 0 bridgehead atoms. The Labute approximate surface area is 160 Å². The molecule has 1 aromatic carbocycles. The van der Waals surface area contributed by atoms with Crippen LogP contribution in [0.3, 0.4) is 0 Å². The molecular weight excluding hydrogens is 336 g/mol. The number of furan rings is 1. The Balaban J connectivity index is 1.36. The number of hydrogen-bond acceptors (Lipinski definition) is 4. The first-order valence-electron chi connectivity index (χ1n) is 9.88. The SMILES string of the molecule is Cc1ccc(CN2CCC3(CC2)NCCn2c(-c4ccccc4)cnc23)o1. The van der Waals surface area contributed by atoms with Gasteiger partial charge in [0.25, 0.3) is 0 Å². The molecule has 2 aromatic heterocycles. The fraction of sp³-hybridized carbons (Fsp3) is 0.409. The number of piperidine rings is 1. The topological polar surface area (TPSA) is 46.2 Å². The minimum atomic E-state index is 0.000854. The highest BCUT2D eigenvalue weighted by atomic mass is 16.3. The quantitative estimate of drug-likeness (QED) is 0.774. The van der Waals surface area contributed by atoms with Crippen LogP contribution in [0.4, 0.5) is 0 Å². The van der Waals surface area contributed by atoms with E-state index in [9.17, 15) is 0 Å². The van der Waals surface area contributed by atoms with Gasteiger partial charge in [-0.15, -0.1) is 0 Å². The largest absolute Gasteiger partial charge is 0.465 e. The number of rotatable bonds is 3. The molecule has 4 heterocycles. The van der Waals surface area contributed by atoms with Crippen molar-refractivity contribution in [2.24, 2.45) is 0 Å². The number of fused-ring (bicyclic) bond motifs is 2. The zero-order valence-corrected chi connectivity index (χ0v) is 15.8. The van der Waals surface area contributed by atoms with Gasteiger partial charge < -0.3 is 14.3 Å². The van der Waals surface area contributed by atoms with E-state index >= 15 is 0 Å². The van der Waals surface area contributed by atoms with E-state index in [-0.39, 0.29) is 5.54 Å². The summed E-state index contributed by atoms with van der Waals surface area (Å²) in [6.45, 7) is 7.00. The predicted octanol–water partition coefficient (Wildman–Crippen LogP) is 3.55. The van der Waals surface area contributed by atoms with Crippen molar-refractivity contribution >= 4 is 0 Å². The summed E-state index contributed by atoms with van der Waals surface area (Å²) in [5.41, 5.74) is 2.49. The second kappa shape index (κ2) is 6.66. The average Bonchev–Trinajstić information content (AvgIpc) is 3.32. The van der Waals surface area contributed by atoms with Gasteiger partial charge in [0.2, 0.25) is 0 Å². The molecule has 0 atom stereocenters. The third-order valence-corrected chi connectivity index (χ3v) is 6.04. The minimum absolute atomic E-state index is 0.000854. The van der Waals surface area contributed by atoms with E-state index in [1.165, 1.54) is 17.1 Å². The van der Waals surface area contributed by atoms with Gasteiger partial charge in [0.1, 0.15) is 17.3 Å². The summed E-state index contributed by atoms with van der Waals surface area (Å²) in [6, 6.07) is 14.8. The molecule has 2 aliphatic rings. The van der Waals surface area contributed by atoms with E-state index in [1.807, 2.05) is 13.0 Å². The summed E-state index contributed by atoms with van der Waals surface area (Å²) in [7, 11) is 0. The third kappa shape index (κ3) is 3.01. The molecule has 0 saturated carbocycles. The van der Waals surface area contributed by atoms with Crippen molar-refractivity contribution in [2.45, 2.75) is 38.4 Å². The van der Waals surface area contributed by atoms with Crippen molar-refractivity contribution in [1.82, 2.24) is 19.8 Å². The van der Waals surface area contributed by atoms with Gasteiger partial charge in [-0.3, -0.25) is 4.90 Å². The smallest absolute Gasteiger partial charge is 0.129 e. The molecule has 0 aliphatic carbocycles. The second-order valence-corrected chi connectivity index (χ2v) is 7.78. The molecule has 27 heavy (non-hydrogen) atoms. The third-order valence-electron chi connectivity index (χ3n) is 6.04. The summed E-state index contributed by atoms with van der Waals surface area (Å²) in [6.07, 6.45) is 4.22. The molecule has 1 fully saturated rings. The predicted molar refractivity (Wildman–Crippen MR) is 105 cm³/mol. The summed E-state index contributed by atoms with van der Waals surface area (Å²) in [5.74, 6) is 3.26. The Kier molecular flexibility index (Phi) is 4.14. The van der Waals surface area contributed by atoms with E-state index in [1.54, 1.807) is 0 Å². The number of hydrogen-bond donors (Lipinski definition) is 1. The first-order valence-corrected chi connectivity index (χ1v) is 9.88. The fourth-order valence-electron chi connectivity index (χ4n) is 4.59.